The van der Waals surface area contributed by atoms with Gasteiger partial charge in [-0.15, -0.1) is 21.8 Å². The summed E-state index contributed by atoms with van der Waals surface area (Å²) in [5.41, 5.74) is 0. The molecule has 1 aromatic rings. The lowest BCUT2D eigenvalue weighted by atomic mass is 10.5. The minimum atomic E-state index is 0.376. The Morgan fingerprint density at radius 1 is 1.19 bits per heavy atom. The molecule has 0 aromatic carbocycles. The molecule has 0 fully saturated rings. The Morgan fingerprint density at radius 2 is 2.06 bits per heavy atom. The van der Waals surface area contributed by atoms with Crippen molar-refractivity contribution in [3.63, 3.8) is 0 Å². The first-order valence-electron chi connectivity index (χ1n) is 4.94. The van der Waals surface area contributed by atoms with Crippen molar-refractivity contribution < 1.29 is 14.2 Å². The molecule has 7 heteroatoms. The zero-order valence-electron chi connectivity index (χ0n) is 9.15. The molecular weight excluding hydrogens is 252 g/mol. The maximum atomic E-state index is 5.59. The van der Waals surface area contributed by atoms with Crippen LogP contribution in [0.5, 0.6) is 5.19 Å². The van der Waals surface area contributed by atoms with Gasteiger partial charge in [-0.25, -0.2) is 0 Å². The average molecular weight is 267 g/mol. The summed E-state index contributed by atoms with van der Waals surface area (Å²) in [5, 5.41) is 9.01. The number of hydrogen-bond donors (Lipinski definition) is 0. The van der Waals surface area contributed by atoms with Crippen LogP contribution in [0.1, 0.15) is 11.4 Å². The van der Waals surface area contributed by atoms with Crippen LogP contribution < -0.4 is 4.74 Å². The summed E-state index contributed by atoms with van der Waals surface area (Å²) in [6.45, 7) is 2.47. The number of hydrogen-bond acceptors (Lipinski definition) is 6. The van der Waals surface area contributed by atoms with Gasteiger partial charge >= 0.3 is 0 Å². The predicted octanol–water partition coefficient (Wildman–Crippen LogP) is 1.71. The predicted molar refractivity (Wildman–Crippen MR) is 62.3 cm³/mol. The van der Waals surface area contributed by atoms with Crippen LogP contribution >= 0.6 is 22.9 Å². The van der Waals surface area contributed by atoms with Crippen LogP contribution in [0.3, 0.4) is 0 Å². The van der Waals surface area contributed by atoms with Gasteiger partial charge in [-0.3, -0.25) is 0 Å². The fourth-order valence-corrected chi connectivity index (χ4v) is 1.69. The van der Waals surface area contributed by atoms with Crippen LogP contribution in [0.25, 0.3) is 0 Å². The second kappa shape index (κ2) is 8.69. The molecule has 1 rings (SSSR count). The van der Waals surface area contributed by atoms with E-state index in [0.717, 1.165) is 11.4 Å². The summed E-state index contributed by atoms with van der Waals surface area (Å²) >= 11 is 6.96. The van der Waals surface area contributed by atoms with Crippen molar-refractivity contribution in [1.82, 2.24) is 10.2 Å². The van der Waals surface area contributed by atoms with Crippen molar-refractivity contribution in [2.24, 2.45) is 0 Å². The summed E-state index contributed by atoms with van der Waals surface area (Å²) in [5.74, 6) is 0.376. The average Bonchev–Trinajstić information content (AvgIpc) is 2.76. The van der Waals surface area contributed by atoms with Crippen molar-refractivity contribution in [3.8, 4) is 5.19 Å². The van der Waals surface area contributed by atoms with E-state index in [1.165, 1.54) is 11.3 Å². The van der Waals surface area contributed by atoms with E-state index in [2.05, 4.69) is 10.2 Å². The first kappa shape index (κ1) is 13.6. The second-order valence-corrected chi connectivity index (χ2v) is 4.19. The number of aromatic nitrogens is 2. The van der Waals surface area contributed by atoms with Crippen molar-refractivity contribution in [3.05, 3.63) is 5.01 Å². The Kier molecular flexibility index (Phi) is 7.41. The van der Waals surface area contributed by atoms with Crippen LogP contribution in [0, 0.1) is 0 Å². The monoisotopic (exact) mass is 266 g/mol. The SMILES string of the molecule is COCCOCCCOc1nnc(CCl)s1. The van der Waals surface area contributed by atoms with Gasteiger partial charge in [0.25, 0.3) is 5.19 Å². The Bertz CT molecular complexity index is 285. The van der Waals surface area contributed by atoms with Gasteiger partial charge in [0, 0.05) is 20.1 Å². The molecule has 0 spiro atoms. The summed E-state index contributed by atoms with van der Waals surface area (Å²) < 4.78 is 15.5. The molecule has 0 aliphatic heterocycles. The van der Waals surface area contributed by atoms with Gasteiger partial charge in [0.2, 0.25) is 0 Å². The molecule has 0 N–H and O–H groups in total. The molecule has 0 bridgehead atoms. The molecule has 16 heavy (non-hydrogen) atoms. The molecule has 1 aromatic heterocycles. The van der Waals surface area contributed by atoms with E-state index in [1.807, 2.05) is 0 Å². The van der Waals surface area contributed by atoms with Gasteiger partial charge in [-0.05, 0) is 0 Å². The van der Waals surface area contributed by atoms with E-state index in [4.69, 9.17) is 25.8 Å². The maximum absolute atomic E-state index is 5.59. The molecule has 0 aliphatic carbocycles. The van der Waals surface area contributed by atoms with Crippen molar-refractivity contribution in [2.45, 2.75) is 12.3 Å². The molecule has 0 saturated carbocycles. The Hall–Kier alpha value is -0.430. The number of methoxy groups -OCH3 is 1. The smallest absolute Gasteiger partial charge is 0.294 e. The van der Waals surface area contributed by atoms with E-state index in [0.29, 0.717) is 37.5 Å². The Labute approximate surface area is 104 Å². The van der Waals surface area contributed by atoms with Gasteiger partial charge in [-0.2, -0.15) is 0 Å². The molecule has 0 unspecified atom stereocenters. The van der Waals surface area contributed by atoms with Gasteiger partial charge in [0.15, 0.2) is 0 Å². The molecule has 5 nitrogen and oxygen atoms in total. The molecule has 0 atom stereocenters. The van der Waals surface area contributed by atoms with E-state index < -0.39 is 0 Å². The van der Waals surface area contributed by atoms with Gasteiger partial charge < -0.3 is 14.2 Å². The minimum absolute atomic E-state index is 0.376. The number of alkyl halides is 1. The summed E-state index contributed by atoms with van der Waals surface area (Å²) in [6.07, 6.45) is 0.819. The maximum Gasteiger partial charge on any atom is 0.294 e. The van der Waals surface area contributed by atoms with Crippen LogP contribution in [0.2, 0.25) is 0 Å². The standard InChI is InChI=1S/C9H15ClN2O3S/c1-13-5-6-14-3-2-4-15-9-12-11-8(7-10)16-9/h2-7H2,1H3. The number of nitrogens with zero attached hydrogens (tertiary/aromatic N) is 2. The van der Waals surface area contributed by atoms with Crippen molar-refractivity contribution in [2.75, 3.05) is 33.5 Å². The van der Waals surface area contributed by atoms with Crippen molar-refractivity contribution >= 4 is 22.9 Å². The fraction of sp³-hybridized carbons (Fsp3) is 0.778. The molecule has 1 heterocycles. The number of ether oxygens (including phenoxy) is 3. The molecule has 0 saturated heterocycles. The minimum Gasteiger partial charge on any atom is -0.469 e. The molecule has 0 radical (unpaired) electrons. The molecular formula is C9H15ClN2O3S. The van der Waals surface area contributed by atoms with E-state index in [9.17, 15) is 0 Å². The topological polar surface area (TPSA) is 53.5 Å². The van der Waals surface area contributed by atoms with Crippen LogP contribution in [0.4, 0.5) is 0 Å². The van der Waals surface area contributed by atoms with Crippen LogP contribution in [-0.4, -0.2) is 43.7 Å². The van der Waals surface area contributed by atoms with E-state index >= 15 is 0 Å². The lowest BCUT2D eigenvalue weighted by Gasteiger charge is -2.03. The van der Waals surface area contributed by atoms with Crippen molar-refractivity contribution in [1.29, 1.82) is 0 Å². The zero-order chi connectivity index (χ0) is 11.6. The lowest BCUT2D eigenvalue weighted by Crippen LogP contribution is -2.06. The third-order valence-corrected chi connectivity index (χ3v) is 2.90. The summed E-state index contributed by atoms with van der Waals surface area (Å²) in [7, 11) is 1.65. The highest BCUT2D eigenvalue weighted by molar-refractivity contribution is 7.13. The van der Waals surface area contributed by atoms with Gasteiger partial charge in [0.1, 0.15) is 5.01 Å². The highest BCUT2D eigenvalue weighted by Crippen LogP contribution is 2.18. The number of halogens is 1. The highest BCUT2D eigenvalue weighted by atomic mass is 35.5. The van der Waals surface area contributed by atoms with E-state index in [-0.39, 0.29) is 0 Å². The summed E-state index contributed by atoms with van der Waals surface area (Å²) in [4.78, 5) is 0. The molecule has 0 amide bonds. The van der Waals surface area contributed by atoms with Gasteiger partial charge in [-0.1, -0.05) is 11.3 Å². The third-order valence-electron chi connectivity index (χ3n) is 1.65. The third kappa shape index (κ3) is 5.60. The molecule has 0 aliphatic rings. The second-order valence-electron chi connectivity index (χ2n) is 2.90. The Balaban J connectivity index is 1.98. The first-order chi connectivity index (χ1) is 7.86. The first-order valence-corrected chi connectivity index (χ1v) is 6.29. The largest absolute Gasteiger partial charge is 0.469 e. The summed E-state index contributed by atoms with van der Waals surface area (Å²) in [6, 6.07) is 0. The van der Waals surface area contributed by atoms with Crippen LogP contribution in [-0.2, 0) is 15.4 Å². The fourth-order valence-electron chi connectivity index (χ4n) is 0.915. The van der Waals surface area contributed by atoms with Crippen LogP contribution in [0.15, 0.2) is 0 Å². The van der Waals surface area contributed by atoms with Gasteiger partial charge in [0.05, 0.1) is 25.7 Å². The zero-order valence-corrected chi connectivity index (χ0v) is 10.7. The quantitative estimate of drug-likeness (QED) is 0.503. The number of rotatable bonds is 9. The van der Waals surface area contributed by atoms with E-state index in [1.54, 1.807) is 7.11 Å². The highest BCUT2D eigenvalue weighted by Gasteiger charge is 2.03. The normalized spacial score (nSPS) is 10.6. The Morgan fingerprint density at radius 3 is 2.75 bits per heavy atom. The lowest BCUT2D eigenvalue weighted by molar-refractivity contribution is 0.0644. The molecule has 92 valence electrons.